The smallest absolute Gasteiger partial charge is 0.326 e. The third kappa shape index (κ3) is 4.50. The number of imide groups is 2. The SMILES string of the molecule is CC[C@@H](C)NC(=O)NC(=O)COC(=O)CN1C(=O)N[C@](C)(C2CC2)C1=O. The van der Waals surface area contributed by atoms with Crippen molar-refractivity contribution in [1.82, 2.24) is 20.9 Å². The number of ether oxygens (including phenoxy) is 1. The van der Waals surface area contributed by atoms with Crippen molar-refractivity contribution in [1.29, 1.82) is 0 Å². The molecule has 0 spiro atoms. The fraction of sp³-hybridized carbons (Fsp3) is 0.688. The number of hydrogen-bond donors (Lipinski definition) is 3. The van der Waals surface area contributed by atoms with Crippen molar-refractivity contribution in [2.24, 2.45) is 5.92 Å². The van der Waals surface area contributed by atoms with E-state index in [1.54, 1.807) is 13.8 Å². The van der Waals surface area contributed by atoms with Gasteiger partial charge in [0.2, 0.25) is 0 Å². The molecule has 1 heterocycles. The maximum Gasteiger partial charge on any atom is 0.326 e. The lowest BCUT2D eigenvalue weighted by Crippen LogP contribution is -2.46. The zero-order valence-electron chi connectivity index (χ0n) is 15.1. The van der Waals surface area contributed by atoms with Crippen LogP contribution in [0.3, 0.4) is 0 Å². The second-order valence-electron chi connectivity index (χ2n) is 6.79. The van der Waals surface area contributed by atoms with E-state index >= 15 is 0 Å². The molecule has 144 valence electrons. The molecule has 0 aromatic rings. The Hall–Kier alpha value is -2.65. The third-order valence-corrected chi connectivity index (χ3v) is 4.59. The number of amides is 6. The van der Waals surface area contributed by atoms with Gasteiger partial charge >= 0.3 is 18.0 Å². The second kappa shape index (κ2) is 7.71. The molecule has 1 aliphatic carbocycles. The summed E-state index contributed by atoms with van der Waals surface area (Å²) in [5, 5.41) is 7.16. The summed E-state index contributed by atoms with van der Waals surface area (Å²) in [4.78, 5) is 60.0. The highest BCUT2D eigenvalue weighted by Gasteiger charge is 2.56. The van der Waals surface area contributed by atoms with Crippen LogP contribution in [0.4, 0.5) is 9.59 Å². The van der Waals surface area contributed by atoms with Gasteiger partial charge in [0.1, 0.15) is 12.1 Å². The molecule has 3 N–H and O–H groups in total. The number of carbonyl (C=O) groups is 5. The van der Waals surface area contributed by atoms with E-state index in [0.717, 1.165) is 17.7 Å². The lowest BCUT2D eigenvalue weighted by Gasteiger charge is -2.20. The van der Waals surface area contributed by atoms with Gasteiger partial charge < -0.3 is 15.4 Å². The van der Waals surface area contributed by atoms with E-state index < -0.39 is 48.5 Å². The van der Waals surface area contributed by atoms with Crippen LogP contribution in [0, 0.1) is 5.92 Å². The number of esters is 1. The molecule has 0 aromatic carbocycles. The van der Waals surface area contributed by atoms with Crippen LogP contribution in [0.5, 0.6) is 0 Å². The molecule has 6 amide bonds. The van der Waals surface area contributed by atoms with Gasteiger partial charge in [0.15, 0.2) is 6.61 Å². The Balaban J connectivity index is 1.76. The van der Waals surface area contributed by atoms with Crippen molar-refractivity contribution in [2.75, 3.05) is 13.2 Å². The molecule has 2 atom stereocenters. The van der Waals surface area contributed by atoms with Crippen LogP contribution in [0.15, 0.2) is 0 Å². The highest BCUT2D eigenvalue weighted by Crippen LogP contribution is 2.42. The Morgan fingerprint density at radius 2 is 2.00 bits per heavy atom. The van der Waals surface area contributed by atoms with Gasteiger partial charge in [-0.05, 0) is 39.0 Å². The van der Waals surface area contributed by atoms with E-state index in [2.05, 4.69) is 10.6 Å². The number of urea groups is 2. The van der Waals surface area contributed by atoms with Crippen LogP contribution in [0.25, 0.3) is 0 Å². The average Bonchev–Trinajstić information content (AvgIpc) is 3.39. The molecule has 1 saturated heterocycles. The monoisotopic (exact) mass is 368 g/mol. The minimum Gasteiger partial charge on any atom is -0.454 e. The summed E-state index contributed by atoms with van der Waals surface area (Å²) in [6.07, 6.45) is 2.39. The summed E-state index contributed by atoms with van der Waals surface area (Å²) in [5.74, 6) is -2.11. The minimum absolute atomic E-state index is 0.0785. The van der Waals surface area contributed by atoms with Gasteiger partial charge in [-0.1, -0.05) is 6.92 Å². The molecule has 10 nitrogen and oxygen atoms in total. The molecule has 10 heteroatoms. The van der Waals surface area contributed by atoms with Crippen molar-refractivity contribution in [2.45, 2.75) is 51.6 Å². The molecular formula is C16H24N4O6. The molecule has 26 heavy (non-hydrogen) atoms. The molecule has 0 unspecified atom stereocenters. The third-order valence-electron chi connectivity index (χ3n) is 4.59. The van der Waals surface area contributed by atoms with E-state index in [1.807, 2.05) is 12.2 Å². The zero-order valence-corrected chi connectivity index (χ0v) is 15.1. The van der Waals surface area contributed by atoms with Gasteiger partial charge in [-0.25, -0.2) is 9.59 Å². The van der Waals surface area contributed by atoms with E-state index in [0.29, 0.717) is 6.42 Å². The van der Waals surface area contributed by atoms with Gasteiger partial charge in [0.25, 0.3) is 11.8 Å². The first-order chi connectivity index (χ1) is 12.2. The number of rotatable bonds is 7. The van der Waals surface area contributed by atoms with Gasteiger partial charge in [-0.3, -0.25) is 24.6 Å². The molecule has 2 aliphatic rings. The van der Waals surface area contributed by atoms with Crippen molar-refractivity contribution >= 4 is 29.8 Å². The topological polar surface area (TPSA) is 134 Å². The van der Waals surface area contributed by atoms with Crippen LogP contribution in [0.2, 0.25) is 0 Å². The van der Waals surface area contributed by atoms with Crippen LogP contribution >= 0.6 is 0 Å². The van der Waals surface area contributed by atoms with Gasteiger partial charge in [0.05, 0.1) is 0 Å². The van der Waals surface area contributed by atoms with Crippen molar-refractivity contribution < 1.29 is 28.7 Å². The fourth-order valence-electron chi connectivity index (χ4n) is 2.64. The Morgan fingerprint density at radius 3 is 2.58 bits per heavy atom. The maximum absolute atomic E-state index is 12.4. The Labute approximate surface area is 151 Å². The first-order valence-electron chi connectivity index (χ1n) is 8.57. The first kappa shape index (κ1) is 19.7. The number of nitrogens with zero attached hydrogens (tertiary/aromatic N) is 1. The molecule has 0 bridgehead atoms. The predicted octanol–water partition coefficient (Wildman–Crippen LogP) is -0.126. The van der Waals surface area contributed by atoms with Gasteiger partial charge in [-0.2, -0.15) is 0 Å². The van der Waals surface area contributed by atoms with Crippen molar-refractivity contribution in [3.05, 3.63) is 0 Å². The Kier molecular flexibility index (Phi) is 5.83. The Bertz CT molecular complexity index is 632. The van der Waals surface area contributed by atoms with E-state index in [-0.39, 0.29) is 12.0 Å². The lowest BCUT2D eigenvalue weighted by atomic mass is 9.96. The van der Waals surface area contributed by atoms with Crippen LogP contribution in [-0.4, -0.2) is 59.5 Å². The molecule has 2 fully saturated rings. The number of carbonyl (C=O) groups excluding carboxylic acids is 5. The largest absolute Gasteiger partial charge is 0.454 e. The van der Waals surface area contributed by atoms with Gasteiger partial charge in [-0.15, -0.1) is 0 Å². The van der Waals surface area contributed by atoms with Crippen molar-refractivity contribution in [3.63, 3.8) is 0 Å². The first-order valence-corrected chi connectivity index (χ1v) is 8.57. The zero-order chi connectivity index (χ0) is 19.5. The van der Waals surface area contributed by atoms with E-state index in [4.69, 9.17) is 4.74 Å². The van der Waals surface area contributed by atoms with Gasteiger partial charge in [0, 0.05) is 6.04 Å². The predicted molar refractivity (Wildman–Crippen MR) is 88.8 cm³/mol. The summed E-state index contributed by atoms with van der Waals surface area (Å²) in [7, 11) is 0. The van der Waals surface area contributed by atoms with E-state index in [1.165, 1.54) is 0 Å². The maximum atomic E-state index is 12.4. The van der Waals surface area contributed by atoms with Crippen molar-refractivity contribution in [3.8, 4) is 0 Å². The number of nitrogens with one attached hydrogen (secondary N) is 3. The molecule has 2 rings (SSSR count). The quantitative estimate of drug-likeness (QED) is 0.423. The normalized spacial score (nSPS) is 23.3. The molecule has 1 aliphatic heterocycles. The fourth-order valence-corrected chi connectivity index (χ4v) is 2.64. The average molecular weight is 368 g/mol. The molecule has 0 radical (unpaired) electrons. The second-order valence-corrected chi connectivity index (χ2v) is 6.79. The summed E-state index contributed by atoms with van der Waals surface area (Å²) >= 11 is 0. The summed E-state index contributed by atoms with van der Waals surface area (Å²) in [5.41, 5.74) is -0.983. The highest BCUT2D eigenvalue weighted by atomic mass is 16.5. The standard InChI is InChI=1S/C16H24N4O6/c1-4-9(2)17-14(24)18-11(21)8-26-12(22)7-20-13(23)16(3,10-5-6-10)19-15(20)25/h9-10H,4-8H2,1-3H3,(H,19,25)(H2,17,18,21,24)/t9-,16-/m1/s1. The minimum atomic E-state index is -0.983. The van der Waals surface area contributed by atoms with E-state index in [9.17, 15) is 24.0 Å². The number of hydrogen-bond acceptors (Lipinski definition) is 6. The summed E-state index contributed by atoms with van der Waals surface area (Å²) < 4.78 is 4.73. The summed E-state index contributed by atoms with van der Waals surface area (Å²) in [6.45, 7) is 4.02. The van der Waals surface area contributed by atoms with Crippen LogP contribution < -0.4 is 16.0 Å². The molecule has 1 saturated carbocycles. The molecule has 0 aromatic heterocycles. The molecular weight excluding hydrogens is 344 g/mol. The van der Waals surface area contributed by atoms with Crippen LogP contribution in [0.1, 0.15) is 40.0 Å². The Morgan fingerprint density at radius 1 is 1.35 bits per heavy atom. The highest BCUT2D eigenvalue weighted by molar-refractivity contribution is 6.09. The van der Waals surface area contributed by atoms with Crippen LogP contribution in [-0.2, 0) is 19.1 Å². The summed E-state index contributed by atoms with van der Waals surface area (Å²) in [6, 6.07) is -1.45. The lowest BCUT2D eigenvalue weighted by molar-refractivity contribution is -0.150.